The molecule has 7 heteroatoms. The Hall–Kier alpha value is -3.22. The molecule has 0 saturated heterocycles. The SMILES string of the molecule is [2H]C([2H])([2H])C(=O)N[C@@H]1CCc2cc(OC)c(OC)c(OC)c2-c2ccc(=O)c(OC)cc21. The molecule has 0 heterocycles. The van der Waals surface area contributed by atoms with Gasteiger partial charge < -0.3 is 24.3 Å². The Morgan fingerprint density at radius 3 is 2.38 bits per heavy atom. The van der Waals surface area contributed by atoms with Crippen LogP contribution in [0.3, 0.4) is 0 Å². The van der Waals surface area contributed by atoms with Gasteiger partial charge >= 0.3 is 0 Å². The van der Waals surface area contributed by atoms with Crippen molar-refractivity contribution in [2.24, 2.45) is 0 Å². The number of nitrogens with one attached hydrogen (secondary N) is 1. The average molecular weight is 402 g/mol. The van der Waals surface area contributed by atoms with Crippen LogP contribution < -0.4 is 29.7 Å². The third kappa shape index (κ3) is 3.72. The number of carbonyl (C=O) groups is 1. The number of carbonyl (C=O) groups excluding carboxylic acids is 1. The zero-order valence-corrected chi connectivity index (χ0v) is 16.8. The molecule has 1 aliphatic carbocycles. The van der Waals surface area contributed by atoms with Gasteiger partial charge in [0.2, 0.25) is 17.1 Å². The van der Waals surface area contributed by atoms with Crippen molar-refractivity contribution in [1.29, 1.82) is 0 Å². The number of benzene rings is 1. The van der Waals surface area contributed by atoms with Gasteiger partial charge in [0.1, 0.15) is 0 Å². The zero-order chi connectivity index (χ0) is 23.6. The lowest BCUT2D eigenvalue weighted by Gasteiger charge is -2.19. The summed E-state index contributed by atoms with van der Waals surface area (Å²) in [5, 5.41) is 2.61. The van der Waals surface area contributed by atoms with E-state index >= 15 is 0 Å². The predicted octanol–water partition coefficient (Wildman–Crippen LogP) is 2.87. The van der Waals surface area contributed by atoms with Crippen LogP contribution in [0, 0.1) is 0 Å². The van der Waals surface area contributed by atoms with E-state index < -0.39 is 18.8 Å². The smallest absolute Gasteiger partial charge is 0.220 e. The number of fused-ring (bicyclic) bond motifs is 3. The molecule has 0 saturated carbocycles. The number of ether oxygens (including phenoxy) is 4. The first-order chi connectivity index (χ1) is 15.2. The van der Waals surface area contributed by atoms with Crippen molar-refractivity contribution in [3.8, 4) is 34.1 Å². The minimum Gasteiger partial charge on any atom is -0.493 e. The maximum absolute atomic E-state index is 12.5. The zero-order valence-electron chi connectivity index (χ0n) is 19.8. The Bertz CT molecular complexity index is 1100. The summed E-state index contributed by atoms with van der Waals surface area (Å²) in [5.41, 5.74) is 2.27. The quantitative estimate of drug-likeness (QED) is 0.828. The van der Waals surface area contributed by atoms with Crippen LogP contribution in [-0.4, -0.2) is 34.3 Å². The third-order valence-electron chi connectivity index (χ3n) is 5.03. The minimum atomic E-state index is -2.81. The van der Waals surface area contributed by atoms with Crippen molar-refractivity contribution in [3.63, 3.8) is 0 Å². The molecule has 2 aromatic carbocycles. The highest BCUT2D eigenvalue weighted by atomic mass is 16.5. The van der Waals surface area contributed by atoms with Crippen molar-refractivity contribution in [1.82, 2.24) is 5.32 Å². The molecule has 154 valence electrons. The normalized spacial score (nSPS) is 16.7. The Kier molecular flexibility index (Phi) is 4.85. The third-order valence-corrected chi connectivity index (χ3v) is 5.03. The van der Waals surface area contributed by atoms with Crippen molar-refractivity contribution in [2.45, 2.75) is 25.7 Å². The number of hydrogen-bond acceptors (Lipinski definition) is 6. The molecular formula is C22H25NO6. The highest BCUT2D eigenvalue weighted by Crippen LogP contribution is 2.50. The summed E-state index contributed by atoms with van der Waals surface area (Å²) in [4.78, 5) is 24.8. The first kappa shape index (κ1) is 16.7. The van der Waals surface area contributed by atoms with Gasteiger partial charge in [0.05, 0.1) is 34.5 Å². The molecule has 0 spiro atoms. The summed E-state index contributed by atoms with van der Waals surface area (Å²) in [5.74, 6) is 0.252. The summed E-state index contributed by atoms with van der Waals surface area (Å²) < 4.78 is 44.2. The van der Waals surface area contributed by atoms with Gasteiger partial charge in [-0.05, 0) is 53.8 Å². The maximum Gasteiger partial charge on any atom is 0.220 e. The maximum atomic E-state index is 12.5. The highest BCUT2D eigenvalue weighted by molar-refractivity contribution is 5.83. The highest BCUT2D eigenvalue weighted by Gasteiger charge is 2.29. The van der Waals surface area contributed by atoms with E-state index in [0.717, 1.165) is 5.56 Å². The molecule has 1 amide bonds. The Morgan fingerprint density at radius 1 is 1.03 bits per heavy atom. The van der Waals surface area contributed by atoms with E-state index in [4.69, 9.17) is 23.1 Å². The Balaban J connectivity index is 2.36. The van der Waals surface area contributed by atoms with Crippen LogP contribution in [0.4, 0.5) is 0 Å². The monoisotopic (exact) mass is 402 g/mol. The summed E-state index contributed by atoms with van der Waals surface area (Å²) in [6, 6.07) is 5.65. The van der Waals surface area contributed by atoms with E-state index in [1.54, 1.807) is 6.07 Å². The Labute approximate surface area is 173 Å². The van der Waals surface area contributed by atoms with Gasteiger partial charge in [-0.2, -0.15) is 0 Å². The Morgan fingerprint density at radius 2 is 1.76 bits per heavy atom. The molecular weight excluding hydrogens is 374 g/mol. The second kappa shape index (κ2) is 8.43. The molecule has 0 bridgehead atoms. The van der Waals surface area contributed by atoms with Gasteiger partial charge in [-0.15, -0.1) is 0 Å². The molecule has 0 unspecified atom stereocenters. The number of methoxy groups -OCH3 is 4. The molecule has 7 nitrogen and oxygen atoms in total. The molecule has 1 N–H and O–H groups in total. The van der Waals surface area contributed by atoms with E-state index in [2.05, 4.69) is 5.32 Å². The van der Waals surface area contributed by atoms with E-state index in [1.807, 2.05) is 6.07 Å². The largest absolute Gasteiger partial charge is 0.493 e. The van der Waals surface area contributed by atoms with Crippen LogP contribution in [0.25, 0.3) is 11.1 Å². The van der Waals surface area contributed by atoms with Crippen molar-refractivity contribution >= 4 is 5.91 Å². The van der Waals surface area contributed by atoms with E-state index in [1.165, 1.54) is 40.6 Å². The van der Waals surface area contributed by atoms with E-state index in [0.29, 0.717) is 46.8 Å². The van der Waals surface area contributed by atoms with Gasteiger partial charge in [-0.1, -0.05) is 0 Å². The summed E-state index contributed by atoms with van der Waals surface area (Å²) >= 11 is 0. The first-order valence-corrected chi connectivity index (χ1v) is 9.01. The van der Waals surface area contributed by atoms with Crippen LogP contribution in [-0.2, 0) is 11.2 Å². The second-order valence-corrected chi connectivity index (χ2v) is 6.52. The van der Waals surface area contributed by atoms with Crippen LogP contribution >= 0.6 is 0 Å². The topological polar surface area (TPSA) is 83.1 Å². The number of hydrogen-bond donors (Lipinski definition) is 1. The van der Waals surface area contributed by atoms with Gasteiger partial charge in [0, 0.05) is 16.5 Å². The van der Waals surface area contributed by atoms with Crippen molar-refractivity contribution in [3.05, 3.63) is 45.6 Å². The molecule has 1 atom stereocenters. The van der Waals surface area contributed by atoms with Crippen LogP contribution in [0.15, 0.2) is 29.1 Å². The first-order valence-electron chi connectivity index (χ1n) is 10.5. The summed E-state index contributed by atoms with van der Waals surface area (Å²) in [6.45, 7) is -2.81. The molecule has 3 rings (SSSR count). The van der Waals surface area contributed by atoms with Crippen LogP contribution in [0.5, 0.6) is 23.0 Å². The molecule has 0 radical (unpaired) electrons. The molecule has 0 fully saturated rings. The van der Waals surface area contributed by atoms with Gasteiger partial charge in [-0.3, -0.25) is 9.59 Å². The van der Waals surface area contributed by atoms with Crippen molar-refractivity contribution in [2.75, 3.05) is 28.4 Å². The summed E-state index contributed by atoms with van der Waals surface area (Å²) in [7, 11) is 5.88. The predicted molar refractivity (Wildman–Crippen MR) is 109 cm³/mol. The fourth-order valence-electron chi connectivity index (χ4n) is 3.77. The van der Waals surface area contributed by atoms with Crippen molar-refractivity contribution < 1.29 is 27.9 Å². The van der Waals surface area contributed by atoms with Crippen LogP contribution in [0.1, 0.15) is 34.6 Å². The molecule has 1 aliphatic rings. The van der Waals surface area contributed by atoms with E-state index in [-0.39, 0.29) is 11.2 Å². The van der Waals surface area contributed by atoms with Crippen LogP contribution in [0.2, 0.25) is 0 Å². The minimum absolute atomic E-state index is 0.0716. The fourth-order valence-corrected chi connectivity index (χ4v) is 3.77. The lowest BCUT2D eigenvalue weighted by molar-refractivity contribution is -0.119. The van der Waals surface area contributed by atoms with Gasteiger partial charge in [0.25, 0.3) is 0 Å². The van der Waals surface area contributed by atoms with Gasteiger partial charge in [-0.25, -0.2) is 0 Å². The number of amides is 1. The average Bonchev–Trinajstić information content (AvgIpc) is 3.01. The lowest BCUT2D eigenvalue weighted by atomic mass is 9.95. The second-order valence-electron chi connectivity index (χ2n) is 6.52. The van der Waals surface area contributed by atoms with E-state index in [9.17, 15) is 9.59 Å². The molecule has 2 aromatic rings. The fraction of sp³-hybridized carbons (Fsp3) is 0.364. The number of rotatable bonds is 5. The summed E-state index contributed by atoms with van der Waals surface area (Å²) in [6.07, 6.45) is 0.852. The standard InChI is InChI=1S/C22H25NO6/c1-12(24)23-16-8-6-13-10-19(27-3)21(28-4)22(29-5)20(13)14-7-9-17(25)18(26-2)11-15(14)16/h7,9-11,16H,6,8H2,1-5H3,(H,23,24)/t16-/m1/s1/i1D3. The van der Waals surface area contributed by atoms with Gasteiger partial charge in [0.15, 0.2) is 17.2 Å². The number of aryl methyl sites for hydroxylation is 1. The molecule has 0 aliphatic heterocycles. The molecule has 0 aromatic heterocycles. The molecule has 29 heavy (non-hydrogen) atoms. The lowest BCUT2D eigenvalue weighted by Crippen LogP contribution is -2.26.